The number of H-pyrrole nitrogens is 2. The number of guanidine groups is 3. The lowest BCUT2D eigenvalue weighted by atomic mass is 10.1. The van der Waals surface area contributed by atoms with Crippen LogP contribution in [-0.2, 0) is 58.0 Å². The molecule has 0 aliphatic heterocycles. The molecule has 0 unspecified atom stereocenters. The molecule has 0 saturated heterocycles. The first kappa shape index (κ1) is 77.7. The molecular weight excluding hydrogens is 1250 g/mol. The first-order valence-electron chi connectivity index (χ1n) is 31.1. The molecule has 4 aromatic heterocycles. The molecule has 528 valence electrons. The lowest BCUT2D eigenvalue weighted by molar-refractivity contribution is -0.139. The number of Topliss-reactive ketones (excluding diaryl/α,β-unsaturated/α-hetero) is 1. The molecule has 39 heteroatoms. The molecule has 39 nitrogen and oxygen atoms in total. The highest BCUT2D eigenvalue weighted by molar-refractivity contribution is 5.91. The number of fused-ring (bicyclic) bond motifs is 1. The van der Waals surface area contributed by atoms with Crippen molar-refractivity contribution < 1.29 is 38.4 Å². The van der Waals surface area contributed by atoms with Crippen LogP contribution in [0.3, 0.4) is 0 Å². The lowest BCUT2D eigenvalue weighted by Crippen LogP contribution is -2.55. The van der Waals surface area contributed by atoms with Crippen molar-refractivity contribution in [3.8, 4) is 0 Å². The van der Waals surface area contributed by atoms with E-state index in [1.165, 1.54) is 42.9 Å². The van der Waals surface area contributed by atoms with Crippen LogP contribution in [0.4, 0.5) is 11.8 Å². The number of carbonyl (C=O) groups is 8. The maximum Gasteiger partial charge on any atom is 0.349 e. The Bertz CT molecular complexity index is 3640. The molecule has 96 heavy (non-hydrogen) atoms. The van der Waals surface area contributed by atoms with Gasteiger partial charge in [0.1, 0.15) is 31.1 Å². The van der Waals surface area contributed by atoms with E-state index in [9.17, 15) is 57.5 Å². The van der Waals surface area contributed by atoms with Crippen molar-refractivity contribution in [1.29, 1.82) is 0 Å². The summed E-state index contributed by atoms with van der Waals surface area (Å²) in [6, 6.07) is -1.17. The molecule has 0 aliphatic rings. The Morgan fingerprint density at radius 1 is 0.542 bits per heavy atom. The highest BCUT2D eigenvalue weighted by Crippen LogP contribution is 2.14. The van der Waals surface area contributed by atoms with Gasteiger partial charge in [0.15, 0.2) is 23.7 Å². The molecule has 0 fully saturated rings. The van der Waals surface area contributed by atoms with Gasteiger partial charge in [0.05, 0.1) is 37.6 Å². The summed E-state index contributed by atoms with van der Waals surface area (Å²) < 4.78 is 3.21. The monoisotopic (exact) mass is 1350 g/mol. The van der Waals surface area contributed by atoms with E-state index in [0.29, 0.717) is 51.5 Å². The molecule has 0 radical (unpaired) electrons. The van der Waals surface area contributed by atoms with Gasteiger partial charge < -0.3 is 97.9 Å². The number of nitrogens with two attached hydrogens (primary N) is 10. The Balaban J connectivity index is 1.80. The van der Waals surface area contributed by atoms with Crippen LogP contribution in [-0.4, -0.2) is 210 Å². The number of aromatic nitrogens is 7. The number of nitrogens with one attached hydrogen (secondary N) is 6. The van der Waals surface area contributed by atoms with E-state index in [0.717, 1.165) is 30.0 Å². The smallest absolute Gasteiger partial charge is 0.349 e. The number of carbonyl (C=O) groups excluding carboxylic acids is 8. The van der Waals surface area contributed by atoms with E-state index in [1.807, 2.05) is 0 Å². The van der Waals surface area contributed by atoms with E-state index < -0.39 is 140 Å². The van der Waals surface area contributed by atoms with E-state index in [1.54, 1.807) is 0 Å². The predicted molar refractivity (Wildman–Crippen MR) is 357 cm³/mol. The van der Waals surface area contributed by atoms with Gasteiger partial charge in [-0.05, 0) is 110 Å². The number of aliphatic imine (C=N–C) groups is 3. The van der Waals surface area contributed by atoms with Crippen LogP contribution in [0.5, 0.6) is 0 Å². The second-order valence-electron chi connectivity index (χ2n) is 22.8. The number of nitrogens with zero attached hydrogens (tertiary/aromatic N) is 11. The summed E-state index contributed by atoms with van der Waals surface area (Å²) in [4.78, 5) is 192. The van der Waals surface area contributed by atoms with Crippen molar-refractivity contribution >= 4 is 87.8 Å². The third-order valence-electron chi connectivity index (χ3n) is 14.9. The SMILES string of the molecule is CC(=O)[C@H](CCCCN)NC(=O)CN(C[C@H](CCCCN=C(N)N)NC(=O)CN(C[C@H](CCCCN=C(N)N)NC(=O)CN(C[C@H](CCCCN=C(N)N)NC(=O)CN)C(=O)Cn1ccc(N)nc1=O)C(=O)Cn1cc(C)c(=O)[nH]c1=O)C(=O)Cn1ccc2c(=O)[nH]c(N)nc21. The van der Waals surface area contributed by atoms with E-state index in [4.69, 9.17) is 57.3 Å². The van der Waals surface area contributed by atoms with Crippen molar-refractivity contribution in [1.82, 2.24) is 69.6 Å². The first-order valence-corrected chi connectivity index (χ1v) is 31.1. The van der Waals surface area contributed by atoms with Crippen molar-refractivity contribution in [2.75, 3.05) is 83.5 Å². The molecule has 0 saturated carbocycles. The Morgan fingerprint density at radius 3 is 1.43 bits per heavy atom. The van der Waals surface area contributed by atoms with E-state index in [2.05, 4.69) is 56.2 Å². The quantitative estimate of drug-likeness (QED) is 0.0111. The Hall–Kier alpha value is -10.7. The Labute approximate surface area is 551 Å². The molecule has 4 heterocycles. The number of aromatic amines is 2. The van der Waals surface area contributed by atoms with Crippen LogP contribution in [0.1, 0.15) is 89.5 Å². The molecule has 0 aromatic carbocycles. The fourth-order valence-electron chi connectivity index (χ4n) is 10.0. The summed E-state index contributed by atoms with van der Waals surface area (Å²) in [5.74, 6) is -6.59. The van der Waals surface area contributed by atoms with Gasteiger partial charge >= 0.3 is 11.4 Å². The maximum absolute atomic E-state index is 14.8. The van der Waals surface area contributed by atoms with Crippen LogP contribution >= 0.6 is 0 Å². The van der Waals surface area contributed by atoms with Gasteiger partial charge in [0.25, 0.3) is 11.1 Å². The summed E-state index contributed by atoms with van der Waals surface area (Å²) in [5.41, 5.74) is 53.3. The molecule has 7 amide bonds. The lowest BCUT2D eigenvalue weighted by Gasteiger charge is -2.32. The second kappa shape index (κ2) is 39.7. The van der Waals surface area contributed by atoms with Crippen LogP contribution < -0.4 is 101 Å². The van der Waals surface area contributed by atoms with Gasteiger partial charge in [-0.15, -0.1) is 0 Å². The highest BCUT2D eigenvalue weighted by Gasteiger charge is 2.30. The van der Waals surface area contributed by atoms with Crippen LogP contribution in [0, 0.1) is 6.92 Å². The fraction of sp³-hybridized carbons (Fsp3) is 0.561. The average molecular weight is 1350 g/mol. The molecule has 4 atom stereocenters. The number of rotatable bonds is 43. The third kappa shape index (κ3) is 27.8. The van der Waals surface area contributed by atoms with Gasteiger partial charge in [0.2, 0.25) is 47.3 Å². The summed E-state index contributed by atoms with van der Waals surface area (Å²) in [7, 11) is 0. The minimum atomic E-state index is -1.08. The van der Waals surface area contributed by atoms with Crippen molar-refractivity contribution in [2.24, 2.45) is 60.8 Å². The zero-order valence-electron chi connectivity index (χ0n) is 54.2. The molecular formula is C57H93N27O12. The van der Waals surface area contributed by atoms with Crippen molar-refractivity contribution in [3.63, 3.8) is 0 Å². The number of aryl methyl sites for hydroxylation is 1. The average Bonchev–Trinajstić information content (AvgIpc) is 1.62. The van der Waals surface area contributed by atoms with Gasteiger partial charge in [-0.2, -0.15) is 9.97 Å². The van der Waals surface area contributed by atoms with Crippen LogP contribution in [0.2, 0.25) is 0 Å². The predicted octanol–water partition coefficient (Wildman–Crippen LogP) is -7.56. The zero-order valence-corrected chi connectivity index (χ0v) is 54.2. The number of unbranched alkanes of at least 4 members (excludes halogenated alkanes) is 4. The summed E-state index contributed by atoms with van der Waals surface area (Å²) in [5, 5.41) is 11.3. The normalized spacial score (nSPS) is 12.2. The second-order valence-corrected chi connectivity index (χ2v) is 22.8. The first-order chi connectivity index (χ1) is 45.5. The minimum Gasteiger partial charge on any atom is -0.383 e. The third-order valence-corrected chi connectivity index (χ3v) is 14.9. The van der Waals surface area contributed by atoms with Gasteiger partial charge in [-0.1, -0.05) is 0 Å². The summed E-state index contributed by atoms with van der Waals surface area (Å²) >= 11 is 0. The number of amides is 7. The number of hydrogen-bond acceptors (Lipinski definition) is 21. The number of nitrogen functional groups attached to an aromatic ring is 2. The minimum absolute atomic E-state index is 0.0452. The van der Waals surface area contributed by atoms with E-state index in [-0.39, 0.29) is 117 Å². The molecule has 4 rings (SSSR count). The molecule has 4 aromatic rings. The van der Waals surface area contributed by atoms with Crippen molar-refractivity contribution in [2.45, 2.75) is 135 Å². The van der Waals surface area contributed by atoms with Gasteiger partial charge in [-0.25, -0.2) is 9.59 Å². The summed E-state index contributed by atoms with van der Waals surface area (Å²) in [6.45, 7) is -2.04. The van der Waals surface area contributed by atoms with Gasteiger partial charge in [0, 0.05) is 81.5 Å². The zero-order chi connectivity index (χ0) is 71.0. The standard InChI is InChI=1S/C57H93N27O12/c1-34-24-84(57(96)78-50(34)93)33-48(92)82(26-37(12-5-9-19-69-53(63)64)72-43(87)28-81(47(91)32-80-22-16-41(60)75-56(80)95)25-36(71-42(86)23-59)11-4-8-18-68-52(61)62)29-44(88)73-38(13-6-10-20-70-54(65)66)27-83(30-45(89)74-40(35(2)85)14-3-7-17-58)46(90)31-79-21-15-39-49(79)76-55(67)77-51(39)94/h15-16,21-22,24,36-38,40H,3-14,17-20,23,25-33,58-59H2,1-2H3,(H,71,86)(H,72,87)(H,73,88)(H,74,89)(H2,60,75,95)(H4,61,62,68)(H4,63,64,69)(H4,65,66,70)(H,78,93,96)(H3,67,76,77,94)/t36-,37-,38-,40-/m0/s1. The molecule has 0 spiro atoms. The largest absolute Gasteiger partial charge is 0.383 e. The number of hydrogen-bond donors (Lipinski definition) is 16. The molecule has 0 bridgehead atoms. The Kier molecular flexibility index (Phi) is 32.2. The topological polar surface area (TPSA) is 632 Å². The van der Waals surface area contributed by atoms with Crippen molar-refractivity contribution in [3.05, 3.63) is 78.0 Å². The number of ketones is 1. The summed E-state index contributed by atoms with van der Waals surface area (Å²) in [6.07, 6.45) is 7.62. The van der Waals surface area contributed by atoms with E-state index >= 15 is 0 Å². The molecule has 0 aliphatic carbocycles. The Morgan fingerprint density at radius 2 is 0.979 bits per heavy atom. The van der Waals surface area contributed by atoms with Gasteiger partial charge in [-0.3, -0.25) is 82.0 Å². The van der Waals surface area contributed by atoms with Crippen LogP contribution in [0.15, 0.2) is 64.9 Å². The fourth-order valence-corrected chi connectivity index (χ4v) is 10.0. The molecule has 26 N–H and O–H groups in total. The number of anilines is 2. The van der Waals surface area contributed by atoms with Crippen LogP contribution in [0.25, 0.3) is 11.0 Å². The maximum atomic E-state index is 14.8. The highest BCUT2D eigenvalue weighted by atomic mass is 16.2.